The average Bonchev–Trinajstić information content (AvgIpc) is 2.83. The number of hydrogen-bond acceptors (Lipinski definition) is 6. The molecule has 0 aliphatic carbocycles. The molecule has 0 aromatic carbocycles. The lowest BCUT2D eigenvalue weighted by Gasteiger charge is -2.24. The Hall–Kier alpha value is -0.0700. The standard InChI is InChI=1S/C26H53O6PS/c1-4-6-8-9-10-11-12-13-14-16-21-34-24(18-15-7-5-2)23(3)32-20-17-19-31-22-26(29,33-30)25(27)28/h23-24,29H,4-22,33H2,1-3H3,(H,27,28). The Labute approximate surface area is 214 Å². The highest BCUT2D eigenvalue weighted by atomic mass is 32.2. The number of unbranched alkanes of at least 4 members (excludes halogenated alkanes) is 11. The Morgan fingerprint density at radius 2 is 1.44 bits per heavy atom. The molecule has 2 N–H and O–H groups in total. The van der Waals surface area contributed by atoms with Gasteiger partial charge in [-0.05, 0) is 31.9 Å². The third-order valence-corrected chi connectivity index (χ3v) is 8.52. The second kappa shape index (κ2) is 23.3. The van der Waals surface area contributed by atoms with E-state index in [2.05, 4.69) is 20.8 Å². The summed E-state index contributed by atoms with van der Waals surface area (Å²) in [7, 11) is -1.87. The Bertz CT molecular complexity index is 496. The largest absolute Gasteiger partial charge is 0.479 e. The highest BCUT2D eigenvalue weighted by molar-refractivity contribution is 7.99. The molecule has 0 aliphatic heterocycles. The smallest absolute Gasteiger partial charge is 0.345 e. The molecule has 34 heavy (non-hydrogen) atoms. The number of hydrogen-bond donors (Lipinski definition) is 2. The molecule has 0 amide bonds. The molecule has 0 radical (unpaired) electrons. The quantitative estimate of drug-likeness (QED) is 0.0936. The van der Waals surface area contributed by atoms with Crippen molar-refractivity contribution in [1.29, 1.82) is 0 Å². The molecular weight excluding hydrogens is 471 g/mol. The number of carboxylic acid groups (broad SMARTS) is 1. The summed E-state index contributed by atoms with van der Waals surface area (Å²) in [6.45, 7) is 6.99. The van der Waals surface area contributed by atoms with Crippen molar-refractivity contribution in [2.75, 3.05) is 25.6 Å². The number of carboxylic acids is 1. The Morgan fingerprint density at radius 1 is 0.882 bits per heavy atom. The minimum Gasteiger partial charge on any atom is -0.479 e. The molecule has 0 bridgehead atoms. The molecule has 0 aromatic rings. The van der Waals surface area contributed by atoms with Crippen LogP contribution in [0.4, 0.5) is 0 Å². The minimum atomic E-state index is -2.26. The molecular formula is C26H53O6PS. The normalized spacial score (nSPS) is 15.5. The number of ether oxygens (including phenoxy) is 2. The monoisotopic (exact) mass is 524 g/mol. The van der Waals surface area contributed by atoms with Gasteiger partial charge < -0.3 is 24.3 Å². The van der Waals surface area contributed by atoms with Crippen LogP contribution in [0.1, 0.15) is 117 Å². The van der Waals surface area contributed by atoms with Crippen LogP contribution in [0.5, 0.6) is 0 Å². The molecule has 0 spiro atoms. The van der Waals surface area contributed by atoms with E-state index in [1.165, 1.54) is 95.6 Å². The van der Waals surface area contributed by atoms with E-state index in [1.54, 1.807) is 0 Å². The molecule has 4 unspecified atom stereocenters. The molecule has 6 nitrogen and oxygen atoms in total. The van der Waals surface area contributed by atoms with Crippen molar-refractivity contribution in [1.82, 2.24) is 0 Å². The molecule has 0 saturated heterocycles. The van der Waals surface area contributed by atoms with Gasteiger partial charge >= 0.3 is 5.97 Å². The van der Waals surface area contributed by atoms with Gasteiger partial charge in [0.15, 0.2) is 0 Å². The van der Waals surface area contributed by atoms with E-state index in [0.717, 1.165) is 0 Å². The Kier molecular flexibility index (Phi) is 23.3. The summed E-state index contributed by atoms with van der Waals surface area (Å²) >= 11 is 2.05. The summed E-state index contributed by atoms with van der Waals surface area (Å²) in [4.78, 5) is 10.9. The zero-order chi connectivity index (χ0) is 25.5. The van der Waals surface area contributed by atoms with Crippen LogP contribution in [-0.4, -0.2) is 58.5 Å². The van der Waals surface area contributed by atoms with Crippen LogP contribution in [0.15, 0.2) is 0 Å². The van der Waals surface area contributed by atoms with Crippen molar-refractivity contribution in [3.05, 3.63) is 0 Å². The lowest BCUT2D eigenvalue weighted by atomic mass is 10.1. The maximum absolute atomic E-state index is 10.9. The van der Waals surface area contributed by atoms with E-state index in [-0.39, 0.29) is 12.7 Å². The van der Waals surface area contributed by atoms with Crippen molar-refractivity contribution < 1.29 is 29.0 Å². The maximum atomic E-state index is 10.9. The Balaban J connectivity index is 4.02. The average molecular weight is 525 g/mol. The number of carbonyl (C=O) groups is 1. The van der Waals surface area contributed by atoms with Gasteiger partial charge in [-0.1, -0.05) is 90.9 Å². The third kappa shape index (κ3) is 18.2. The van der Waals surface area contributed by atoms with Gasteiger partial charge in [-0.2, -0.15) is 11.8 Å². The number of aliphatic carboxylic acids is 1. The van der Waals surface area contributed by atoms with Crippen LogP contribution in [0.25, 0.3) is 0 Å². The van der Waals surface area contributed by atoms with E-state index in [9.17, 15) is 14.5 Å². The molecule has 0 heterocycles. The van der Waals surface area contributed by atoms with Crippen LogP contribution >= 0.6 is 20.2 Å². The van der Waals surface area contributed by atoms with Crippen molar-refractivity contribution >= 4 is 26.2 Å². The van der Waals surface area contributed by atoms with E-state index in [4.69, 9.17) is 14.6 Å². The predicted octanol–water partition coefficient (Wildman–Crippen LogP) is 6.93. The molecule has 4 atom stereocenters. The second-order valence-electron chi connectivity index (χ2n) is 9.42. The number of thioether (sulfide) groups is 1. The molecule has 8 heteroatoms. The lowest BCUT2D eigenvalue weighted by molar-refractivity contribution is -0.154. The fraction of sp³-hybridized carbons (Fsp3) is 0.962. The van der Waals surface area contributed by atoms with Crippen LogP contribution in [0.3, 0.4) is 0 Å². The van der Waals surface area contributed by atoms with Crippen molar-refractivity contribution in [3.8, 4) is 0 Å². The van der Waals surface area contributed by atoms with E-state index in [0.29, 0.717) is 18.3 Å². The summed E-state index contributed by atoms with van der Waals surface area (Å²) in [5, 5.41) is 16.8. The Morgan fingerprint density at radius 3 is 2.00 bits per heavy atom. The van der Waals surface area contributed by atoms with Gasteiger partial charge in [-0.25, -0.2) is 4.79 Å². The molecule has 204 valence electrons. The maximum Gasteiger partial charge on any atom is 0.345 e. The minimum absolute atomic E-state index is 0.159. The fourth-order valence-electron chi connectivity index (χ4n) is 3.78. The van der Waals surface area contributed by atoms with E-state index < -0.39 is 26.4 Å². The van der Waals surface area contributed by atoms with Gasteiger partial charge in [0.25, 0.3) is 0 Å². The van der Waals surface area contributed by atoms with Gasteiger partial charge in [0.1, 0.15) is 8.46 Å². The zero-order valence-electron chi connectivity index (χ0n) is 22.1. The fourth-order valence-corrected chi connectivity index (χ4v) is 5.43. The first kappa shape index (κ1) is 33.9. The zero-order valence-corrected chi connectivity index (χ0v) is 24.1. The SMILES string of the molecule is CCCCCCCCCCCCSC(CCCCC)C(C)OCCCOCC(O)([PH2]=O)C(=O)O. The molecule has 0 aliphatic rings. The van der Waals surface area contributed by atoms with Crippen molar-refractivity contribution in [2.24, 2.45) is 0 Å². The topological polar surface area (TPSA) is 93.1 Å². The van der Waals surface area contributed by atoms with Gasteiger partial charge in [0.2, 0.25) is 5.34 Å². The highest BCUT2D eigenvalue weighted by Crippen LogP contribution is 2.25. The summed E-state index contributed by atoms with van der Waals surface area (Å²) in [5.74, 6) is -0.313. The van der Waals surface area contributed by atoms with Gasteiger partial charge in [-0.15, -0.1) is 0 Å². The molecule has 0 rings (SSSR count). The van der Waals surface area contributed by atoms with Gasteiger partial charge in [-0.3, -0.25) is 0 Å². The van der Waals surface area contributed by atoms with Crippen molar-refractivity contribution in [2.45, 2.75) is 134 Å². The van der Waals surface area contributed by atoms with Crippen LogP contribution in [0.2, 0.25) is 0 Å². The summed E-state index contributed by atoms with van der Waals surface area (Å²) in [6, 6.07) is 0. The van der Waals surface area contributed by atoms with Crippen molar-refractivity contribution in [3.63, 3.8) is 0 Å². The molecule has 0 aromatic heterocycles. The van der Waals surface area contributed by atoms with Gasteiger partial charge in [0.05, 0.1) is 12.7 Å². The van der Waals surface area contributed by atoms with E-state index in [1.807, 2.05) is 11.8 Å². The molecule has 0 saturated carbocycles. The van der Waals surface area contributed by atoms with Gasteiger partial charge in [0, 0.05) is 18.5 Å². The third-order valence-electron chi connectivity index (χ3n) is 6.15. The highest BCUT2D eigenvalue weighted by Gasteiger charge is 2.35. The lowest BCUT2D eigenvalue weighted by Crippen LogP contribution is -2.37. The first-order chi connectivity index (χ1) is 16.4. The summed E-state index contributed by atoms with van der Waals surface area (Å²) < 4.78 is 22.2. The first-order valence-electron chi connectivity index (χ1n) is 13.6. The van der Waals surface area contributed by atoms with Crippen LogP contribution in [0, 0.1) is 0 Å². The second-order valence-corrected chi connectivity index (χ2v) is 12.0. The van der Waals surface area contributed by atoms with Crippen LogP contribution < -0.4 is 0 Å². The first-order valence-corrected chi connectivity index (χ1v) is 15.7. The molecule has 0 fully saturated rings. The number of aliphatic hydroxyl groups is 1. The predicted molar refractivity (Wildman–Crippen MR) is 146 cm³/mol. The summed E-state index contributed by atoms with van der Waals surface area (Å²) in [6.07, 6.45) is 19.3. The van der Waals surface area contributed by atoms with E-state index >= 15 is 0 Å². The van der Waals surface area contributed by atoms with Crippen LogP contribution in [-0.2, 0) is 18.8 Å². The number of rotatable bonds is 26. The summed E-state index contributed by atoms with van der Waals surface area (Å²) in [5.41, 5.74) is 0.